The molecule has 0 radical (unpaired) electrons. The van der Waals surface area contributed by atoms with Gasteiger partial charge in [-0.25, -0.2) is 0 Å². The molecule has 9 N–H and O–H groups in total. The number of hydrogen-bond acceptors (Lipinski definition) is 12. The molecule has 0 spiro atoms. The number of amides is 2. The van der Waals surface area contributed by atoms with Crippen LogP contribution in [-0.2, 0) is 0 Å². The average molecular weight is 807 g/mol. The van der Waals surface area contributed by atoms with E-state index in [0.29, 0.717) is 23.0 Å². The second-order valence-electron chi connectivity index (χ2n) is 13.3. The zero-order chi connectivity index (χ0) is 39.2. The molecule has 19 heteroatoms. The van der Waals surface area contributed by atoms with E-state index in [2.05, 4.69) is 43.6 Å². The number of nitrogens with two attached hydrogens (primary N) is 3. The Bertz CT molecular complexity index is 2230. The number of benzene rings is 2. The normalized spacial score (nSPS) is 20.2. The van der Waals surface area contributed by atoms with Crippen molar-refractivity contribution < 1.29 is 28.9 Å². The predicted molar refractivity (Wildman–Crippen MR) is 209 cm³/mol. The molecule has 16 nitrogen and oxygen atoms in total. The van der Waals surface area contributed by atoms with Gasteiger partial charge in [0, 0.05) is 33.7 Å². The van der Waals surface area contributed by atoms with Gasteiger partial charge in [0.15, 0.2) is 11.6 Å². The fourth-order valence-electron chi connectivity index (χ4n) is 6.88. The summed E-state index contributed by atoms with van der Waals surface area (Å²) in [4.78, 5) is 22.9. The fraction of sp³-hybridized carbons (Fsp3) is 0.278. The third kappa shape index (κ3) is 9.04. The molecule has 2 fully saturated rings. The van der Waals surface area contributed by atoms with Crippen LogP contribution in [0.5, 0.6) is 11.5 Å². The molecular weight excluding hydrogens is 770 g/mol. The van der Waals surface area contributed by atoms with Crippen LogP contribution in [0.25, 0.3) is 12.2 Å². The van der Waals surface area contributed by atoms with Crippen molar-refractivity contribution in [3.63, 3.8) is 0 Å². The van der Waals surface area contributed by atoms with Crippen molar-refractivity contribution >= 4 is 71.5 Å². The molecule has 4 aliphatic rings. The lowest BCUT2D eigenvalue weighted by molar-refractivity contribution is 0.0992. The molecule has 2 saturated carbocycles. The number of carbonyl (C=O) groups excluding carboxylic acids is 2. The molecule has 2 amide bonds. The van der Waals surface area contributed by atoms with Crippen LogP contribution in [0.15, 0.2) is 65.2 Å². The van der Waals surface area contributed by atoms with Gasteiger partial charge in [0.2, 0.25) is 0 Å². The maximum atomic E-state index is 11.9. The Labute approximate surface area is 325 Å². The van der Waals surface area contributed by atoms with E-state index in [1.54, 1.807) is 39.7 Å². The summed E-state index contributed by atoms with van der Waals surface area (Å²) in [7, 11) is -1.76. The topological polar surface area (TPSA) is 266 Å². The van der Waals surface area contributed by atoms with Gasteiger partial charge in [-0.3, -0.25) is 19.0 Å². The van der Waals surface area contributed by atoms with E-state index in [4.69, 9.17) is 36.8 Å². The maximum Gasteiger partial charge on any atom is 0.552 e. The Kier molecular flexibility index (Phi) is 12.0. The van der Waals surface area contributed by atoms with E-state index in [0.717, 1.165) is 54.1 Å². The van der Waals surface area contributed by atoms with Gasteiger partial charge >= 0.3 is 14.2 Å². The molecule has 280 valence electrons. The van der Waals surface area contributed by atoms with E-state index in [1.807, 2.05) is 30.3 Å². The number of primary amides is 2. The number of nitrogens with one attached hydrogen (secondary N) is 1. The quantitative estimate of drug-likeness (QED) is 0.149. The lowest BCUT2D eigenvalue weighted by Crippen LogP contribution is -2.21. The molecule has 0 bridgehead atoms. The van der Waals surface area contributed by atoms with Crippen molar-refractivity contribution in [2.24, 2.45) is 23.3 Å². The molecule has 2 aromatic carbocycles. The number of halogens is 1. The largest absolute Gasteiger partial charge is 0.552 e. The fourth-order valence-corrected chi connectivity index (χ4v) is 7.26. The van der Waals surface area contributed by atoms with Gasteiger partial charge in [-0.2, -0.15) is 20.7 Å². The molecule has 0 saturated heterocycles. The molecular formula is C36H37B2BrN10O6. The molecule has 2 aliphatic heterocycles. The minimum absolute atomic E-state index is 0.0143. The van der Waals surface area contributed by atoms with Gasteiger partial charge in [-0.05, 0) is 86.9 Å². The van der Waals surface area contributed by atoms with Crippen LogP contribution in [0.2, 0.25) is 0 Å². The Morgan fingerprint density at radius 1 is 0.818 bits per heavy atom. The van der Waals surface area contributed by atoms with Crippen molar-refractivity contribution in [1.29, 1.82) is 10.5 Å². The zero-order valence-corrected chi connectivity index (χ0v) is 31.0. The van der Waals surface area contributed by atoms with Crippen molar-refractivity contribution in [3.8, 4) is 23.6 Å². The number of rotatable bonds is 6. The summed E-state index contributed by atoms with van der Waals surface area (Å²) in [6.07, 6.45) is 12.1. The van der Waals surface area contributed by atoms with E-state index in [1.165, 1.54) is 12.2 Å². The molecule has 55 heavy (non-hydrogen) atoms. The lowest BCUT2D eigenvalue weighted by Gasteiger charge is -2.16. The highest BCUT2D eigenvalue weighted by atomic mass is 79.9. The summed E-state index contributed by atoms with van der Waals surface area (Å²) in [6, 6.07) is 15.5. The molecule has 4 heterocycles. The monoisotopic (exact) mass is 806 g/mol. The Balaban J connectivity index is 0.000000155. The first-order valence-corrected chi connectivity index (χ1v) is 18.3. The summed E-state index contributed by atoms with van der Waals surface area (Å²) in [5.74, 6) is 3.58. The standard InChI is InChI=1S/C18H18BN5O3.C10H13N5O.C8H6BBrO2/c20-9-12-2-1-3-15(12)24-10-14(17(21)25)18(23-24)22-13-4-5-16-11(8-13)6-7-19(26)27-16;11-4-6-2-1-3-8(6)15-5-7(10(13)16)9(12)14-15;10-7-1-2-8-6(5-7)3-4-9(11)12-8/h4-8,10,12,15,26H,1-3H2,(H2,21,25)(H,22,23);5-6,8H,1-3H2,(H2,12,14)(H2,13,16);1-5,11H/t12-,15?;6-,8+;/m11./s1. The number of hydrogen-bond donors (Lipinski definition) is 6. The Morgan fingerprint density at radius 2 is 1.35 bits per heavy atom. The second kappa shape index (κ2) is 17.0. The van der Waals surface area contributed by atoms with Gasteiger partial charge in [-0.1, -0.05) is 28.1 Å². The zero-order valence-electron chi connectivity index (χ0n) is 29.5. The minimum Gasteiger partial charge on any atom is -0.532 e. The van der Waals surface area contributed by atoms with Crippen LogP contribution in [0.1, 0.15) is 82.5 Å². The van der Waals surface area contributed by atoms with E-state index < -0.39 is 26.1 Å². The summed E-state index contributed by atoms with van der Waals surface area (Å²) < 4.78 is 14.7. The van der Waals surface area contributed by atoms with E-state index >= 15 is 0 Å². The van der Waals surface area contributed by atoms with Crippen molar-refractivity contribution in [2.45, 2.75) is 50.6 Å². The van der Waals surface area contributed by atoms with E-state index in [9.17, 15) is 19.9 Å². The first-order chi connectivity index (χ1) is 26.4. The number of fused-ring (bicyclic) bond motifs is 2. The van der Waals surface area contributed by atoms with Crippen molar-refractivity contribution in [1.82, 2.24) is 19.6 Å². The first-order valence-electron chi connectivity index (χ1n) is 17.5. The molecule has 4 atom stereocenters. The van der Waals surface area contributed by atoms with Crippen LogP contribution < -0.4 is 31.8 Å². The van der Waals surface area contributed by atoms with Gasteiger partial charge in [0.05, 0.1) is 36.1 Å². The van der Waals surface area contributed by atoms with E-state index in [-0.39, 0.29) is 40.9 Å². The Hall–Kier alpha value is -6.01. The second-order valence-corrected chi connectivity index (χ2v) is 14.2. The van der Waals surface area contributed by atoms with Gasteiger partial charge in [0.1, 0.15) is 22.6 Å². The van der Waals surface area contributed by atoms with Crippen LogP contribution in [0.4, 0.5) is 17.3 Å². The predicted octanol–water partition coefficient (Wildman–Crippen LogP) is 4.32. The molecule has 2 aliphatic carbocycles. The molecule has 2 aromatic heterocycles. The smallest absolute Gasteiger partial charge is 0.532 e. The highest BCUT2D eigenvalue weighted by molar-refractivity contribution is 9.10. The SMILES string of the molecule is N#C[C@H]1CCCC1n1cc(C(N)=O)c(Nc2ccc3c(c2)C=CB(O)O3)n1.N#C[C@H]1CCC[C@@H]1n1cc(C(N)=O)c(N)n1.OB1C=Cc2cc(Br)ccc2O1. The number of nitrogen functional groups attached to an aromatic ring is 1. The summed E-state index contributed by atoms with van der Waals surface area (Å²) in [5, 5.41) is 48.6. The third-order valence-electron chi connectivity index (χ3n) is 9.61. The van der Waals surface area contributed by atoms with Crippen LogP contribution >= 0.6 is 15.9 Å². The molecule has 8 rings (SSSR count). The summed E-state index contributed by atoms with van der Waals surface area (Å²) >= 11 is 3.35. The molecule has 1 unspecified atom stereocenters. The summed E-state index contributed by atoms with van der Waals surface area (Å²) in [6.45, 7) is 0. The van der Waals surface area contributed by atoms with Crippen molar-refractivity contribution in [3.05, 3.63) is 87.5 Å². The number of nitrogens with zero attached hydrogens (tertiary/aromatic N) is 6. The Morgan fingerprint density at radius 3 is 1.89 bits per heavy atom. The summed E-state index contributed by atoms with van der Waals surface area (Å²) in [5.41, 5.74) is 19.2. The number of aromatic nitrogens is 4. The number of nitriles is 2. The van der Waals surface area contributed by atoms with Gasteiger partial charge in [0.25, 0.3) is 11.8 Å². The first kappa shape index (κ1) is 38.7. The third-order valence-corrected chi connectivity index (χ3v) is 10.1. The van der Waals surface area contributed by atoms with Gasteiger partial charge in [-0.15, -0.1) is 0 Å². The van der Waals surface area contributed by atoms with Crippen molar-refractivity contribution in [2.75, 3.05) is 11.1 Å². The molecule has 4 aromatic rings. The number of anilines is 3. The number of carbonyl (C=O) groups is 2. The highest BCUT2D eigenvalue weighted by Gasteiger charge is 2.32. The average Bonchev–Trinajstić information content (AvgIpc) is 3.98. The lowest BCUT2D eigenvalue weighted by atomic mass is 9.86. The van der Waals surface area contributed by atoms with Crippen LogP contribution in [-0.4, -0.2) is 55.7 Å². The maximum absolute atomic E-state index is 11.9. The van der Waals surface area contributed by atoms with Crippen LogP contribution in [0, 0.1) is 34.5 Å². The highest BCUT2D eigenvalue weighted by Crippen LogP contribution is 2.37. The minimum atomic E-state index is -0.951. The van der Waals surface area contributed by atoms with Crippen LogP contribution in [0.3, 0.4) is 0 Å². The van der Waals surface area contributed by atoms with Gasteiger partial charge < -0.3 is 41.9 Å².